The lowest BCUT2D eigenvalue weighted by molar-refractivity contribution is -0.120. The Bertz CT molecular complexity index is 409. The van der Waals surface area contributed by atoms with E-state index in [2.05, 4.69) is 40.6 Å². The highest BCUT2D eigenvalue weighted by Gasteiger charge is 2.22. The summed E-state index contributed by atoms with van der Waals surface area (Å²) in [6, 6.07) is 0.691. The van der Waals surface area contributed by atoms with E-state index < -0.39 is 0 Å². The minimum Gasteiger partial charge on any atom is -0.373 e. The van der Waals surface area contributed by atoms with E-state index in [1.807, 2.05) is 27.1 Å². The molecule has 0 radical (unpaired) electrons. The monoisotopic (exact) mass is 322 g/mol. The lowest BCUT2D eigenvalue weighted by atomic mass is 9.85. The molecule has 0 atom stereocenters. The van der Waals surface area contributed by atoms with Crippen LogP contribution in [0.15, 0.2) is 16.8 Å². The Hall–Kier alpha value is -1.36. The third kappa shape index (κ3) is 7.64. The van der Waals surface area contributed by atoms with Gasteiger partial charge in [-0.05, 0) is 52.4 Å². The number of rotatable bonds is 8. The number of nitrogens with one attached hydrogen (secondary N) is 2. The largest absolute Gasteiger partial charge is 0.373 e. The molecule has 1 fully saturated rings. The van der Waals surface area contributed by atoms with E-state index in [-0.39, 0.29) is 11.9 Å². The Balaban J connectivity index is 2.29. The fourth-order valence-corrected chi connectivity index (χ4v) is 3.18. The molecule has 0 unspecified atom stereocenters. The fraction of sp³-hybridized carbons (Fsp3) is 0.778. The quantitative estimate of drug-likeness (QED) is 0.674. The molecule has 2 N–H and O–H groups in total. The second kappa shape index (κ2) is 10.4. The van der Waals surface area contributed by atoms with E-state index >= 15 is 0 Å². The number of allylic oxidation sites excluding steroid dienone is 2. The van der Waals surface area contributed by atoms with Crippen LogP contribution in [0.3, 0.4) is 0 Å². The average molecular weight is 322 g/mol. The van der Waals surface area contributed by atoms with Crippen molar-refractivity contribution in [3.8, 4) is 0 Å². The summed E-state index contributed by atoms with van der Waals surface area (Å²) in [4.78, 5) is 18.1. The molecule has 0 aliphatic heterocycles. The normalized spacial score (nSPS) is 22.6. The SMILES string of the molecule is C/C=C(\C=NC)N(C)CC1CCC(NCC(=O)NC(C)C)CC1. The molecule has 0 heterocycles. The Morgan fingerprint density at radius 2 is 1.96 bits per heavy atom. The Labute approximate surface area is 141 Å². The summed E-state index contributed by atoms with van der Waals surface area (Å²) < 4.78 is 0. The summed E-state index contributed by atoms with van der Waals surface area (Å²) in [5.74, 6) is 0.821. The minimum atomic E-state index is 0.0958. The molecule has 0 aromatic heterocycles. The van der Waals surface area contributed by atoms with Crippen molar-refractivity contribution >= 4 is 12.1 Å². The third-order valence-corrected chi connectivity index (χ3v) is 4.38. The minimum absolute atomic E-state index is 0.0958. The van der Waals surface area contributed by atoms with Gasteiger partial charge in [0.15, 0.2) is 0 Å². The van der Waals surface area contributed by atoms with E-state index in [0.717, 1.165) is 25.3 Å². The number of carbonyl (C=O) groups excluding carboxylic acids is 1. The van der Waals surface area contributed by atoms with Crippen LogP contribution in [0.5, 0.6) is 0 Å². The first-order valence-electron chi connectivity index (χ1n) is 8.78. The molecule has 1 aliphatic rings. The van der Waals surface area contributed by atoms with E-state index in [1.54, 1.807) is 0 Å². The zero-order valence-corrected chi connectivity index (χ0v) is 15.4. The van der Waals surface area contributed by atoms with E-state index in [9.17, 15) is 4.79 Å². The van der Waals surface area contributed by atoms with Crippen molar-refractivity contribution in [2.24, 2.45) is 10.9 Å². The summed E-state index contributed by atoms with van der Waals surface area (Å²) in [6.07, 6.45) is 8.76. The van der Waals surface area contributed by atoms with Crippen LogP contribution in [0.1, 0.15) is 46.5 Å². The van der Waals surface area contributed by atoms with Gasteiger partial charge in [-0.25, -0.2) is 0 Å². The molecule has 5 nitrogen and oxygen atoms in total. The van der Waals surface area contributed by atoms with Gasteiger partial charge in [0, 0.05) is 38.9 Å². The molecule has 1 aliphatic carbocycles. The highest BCUT2D eigenvalue weighted by molar-refractivity contribution is 5.78. The smallest absolute Gasteiger partial charge is 0.234 e. The van der Waals surface area contributed by atoms with Gasteiger partial charge in [-0.15, -0.1) is 0 Å². The van der Waals surface area contributed by atoms with Crippen LogP contribution < -0.4 is 10.6 Å². The van der Waals surface area contributed by atoms with Crippen LogP contribution in [0.2, 0.25) is 0 Å². The van der Waals surface area contributed by atoms with Crippen LogP contribution >= 0.6 is 0 Å². The number of hydrogen-bond donors (Lipinski definition) is 2. The highest BCUT2D eigenvalue weighted by atomic mass is 16.1. The molecule has 0 bridgehead atoms. The van der Waals surface area contributed by atoms with Crippen LogP contribution in [-0.4, -0.2) is 56.3 Å². The maximum absolute atomic E-state index is 11.7. The second-order valence-electron chi connectivity index (χ2n) is 6.80. The van der Waals surface area contributed by atoms with Crippen molar-refractivity contribution in [2.45, 2.75) is 58.5 Å². The lowest BCUT2D eigenvalue weighted by Crippen LogP contribution is -2.43. The van der Waals surface area contributed by atoms with E-state index in [4.69, 9.17) is 0 Å². The summed E-state index contributed by atoms with van der Waals surface area (Å²) in [5.41, 5.74) is 1.18. The highest BCUT2D eigenvalue weighted by Crippen LogP contribution is 2.25. The van der Waals surface area contributed by atoms with Crippen molar-refractivity contribution in [2.75, 3.05) is 27.2 Å². The topological polar surface area (TPSA) is 56.7 Å². The maximum atomic E-state index is 11.7. The lowest BCUT2D eigenvalue weighted by Gasteiger charge is -2.32. The molecule has 1 amide bonds. The predicted octanol–water partition coefficient (Wildman–Crippen LogP) is 2.20. The molecule has 132 valence electrons. The van der Waals surface area contributed by atoms with Crippen LogP contribution in [0, 0.1) is 5.92 Å². The maximum Gasteiger partial charge on any atom is 0.234 e. The fourth-order valence-electron chi connectivity index (χ4n) is 3.18. The zero-order valence-electron chi connectivity index (χ0n) is 15.4. The van der Waals surface area contributed by atoms with E-state index in [0.29, 0.717) is 12.6 Å². The van der Waals surface area contributed by atoms with Crippen molar-refractivity contribution in [1.29, 1.82) is 0 Å². The average Bonchev–Trinajstić information content (AvgIpc) is 2.51. The van der Waals surface area contributed by atoms with Gasteiger partial charge >= 0.3 is 0 Å². The van der Waals surface area contributed by atoms with Gasteiger partial charge in [0.1, 0.15) is 0 Å². The summed E-state index contributed by atoms with van der Waals surface area (Å²) >= 11 is 0. The first-order valence-corrected chi connectivity index (χ1v) is 8.78. The number of amides is 1. The molecule has 0 aromatic carbocycles. The van der Waals surface area contributed by atoms with Gasteiger partial charge in [0.05, 0.1) is 12.2 Å². The number of aliphatic imine (C=N–C) groups is 1. The summed E-state index contributed by atoms with van der Waals surface area (Å²) in [6.45, 7) is 7.54. The van der Waals surface area contributed by atoms with Crippen molar-refractivity contribution in [1.82, 2.24) is 15.5 Å². The van der Waals surface area contributed by atoms with Gasteiger partial charge in [-0.3, -0.25) is 9.79 Å². The van der Waals surface area contributed by atoms with Gasteiger partial charge in [0.25, 0.3) is 0 Å². The summed E-state index contributed by atoms with van der Waals surface area (Å²) in [5, 5.41) is 6.32. The standard InChI is InChI=1S/C18H34N4O/c1-6-17(11-19-4)22(5)13-15-7-9-16(10-8-15)20-12-18(23)21-14(2)3/h6,11,14-16,20H,7-10,12-13H2,1-5H3,(H,21,23)/b17-6+,19-11?. The molecule has 0 spiro atoms. The van der Waals surface area contributed by atoms with Crippen LogP contribution in [0.4, 0.5) is 0 Å². The van der Waals surface area contributed by atoms with Crippen LogP contribution in [0.25, 0.3) is 0 Å². The predicted molar refractivity (Wildman–Crippen MR) is 97.8 cm³/mol. The van der Waals surface area contributed by atoms with Gasteiger partial charge in [-0.1, -0.05) is 6.08 Å². The first kappa shape index (κ1) is 19.7. The molecule has 0 aromatic rings. The van der Waals surface area contributed by atoms with Crippen molar-refractivity contribution < 1.29 is 4.79 Å². The second-order valence-corrected chi connectivity index (χ2v) is 6.80. The first-order chi connectivity index (χ1) is 11.0. The van der Waals surface area contributed by atoms with Gasteiger partial charge in [0.2, 0.25) is 5.91 Å². The molecule has 5 heteroatoms. The molecule has 23 heavy (non-hydrogen) atoms. The third-order valence-electron chi connectivity index (χ3n) is 4.38. The van der Waals surface area contributed by atoms with Crippen molar-refractivity contribution in [3.63, 3.8) is 0 Å². The molecular formula is C18H34N4O. The Morgan fingerprint density at radius 1 is 1.30 bits per heavy atom. The molecule has 1 saturated carbocycles. The summed E-state index contributed by atoms with van der Waals surface area (Å²) in [7, 11) is 3.95. The Kier molecular flexibility index (Phi) is 8.92. The van der Waals surface area contributed by atoms with Crippen LogP contribution in [-0.2, 0) is 4.79 Å². The number of nitrogens with zero attached hydrogens (tertiary/aromatic N) is 2. The van der Waals surface area contributed by atoms with Crippen molar-refractivity contribution in [3.05, 3.63) is 11.8 Å². The number of carbonyl (C=O) groups is 1. The number of hydrogen-bond acceptors (Lipinski definition) is 4. The Morgan fingerprint density at radius 3 is 2.48 bits per heavy atom. The van der Waals surface area contributed by atoms with Gasteiger partial charge < -0.3 is 15.5 Å². The molecule has 1 rings (SSSR count). The molecule has 0 saturated heterocycles. The molecular weight excluding hydrogens is 288 g/mol. The van der Waals surface area contributed by atoms with E-state index in [1.165, 1.54) is 18.5 Å². The van der Waals surface area contributed by atoms with Gasteiger partial charge in [-0.2, -0.15) is 0 Å². The zero-order chi connectivity index (χ0) is 17.2.